The van der Waals surface area contributed by atoms with E-state index in [0.29, 0.717) is 11.4 Å². The first-order valence-electron chi connectivity index (χ1n) is 9.17. The largest absolute Gasteiger partial charge is 0.454 e. The Kier molecular flexibility index (Phi) is 6.88. The maximum atomic E-state index is 12.9. The lowest BCUT2D eigenvalue weighted by Crippen LogP contribution is -2.42. The lowest BCUT2D eigenvalue weighted by Gasteiger charge is -2.22. The zero-order valence-corrected chi connectivity index (χ0v) is 17.6. The normalized spacial score (nSPS) is 16.6. The zero-order chi connectivity index (χ0) is 22.6. The molecule has 2 aromatic carbocycles. The van der Waals surface area contributed by atoms with E-state index in [-0.39, 0.29) is 29.2 Å². The molecule has 1 atom stereocenters. The molecule has 12 heteroatoms. The predicted octanol–water partition coefficient (Wildman–Crippen LogP) is 2.58. The van der Waals surface area contributed by atoms with Crippen molar-refractivity contribution < 1.29 is 27.7 Å². The van der Waals surface area contributed by atoms with Gasteiger partial charge in [-0.2, -0.15) is 4.31 Å². The van der Waals surface area contributed by atoms with Crippen LogP contribution in [0.5, 0.6) is 0 Å². The van der Waals surface area contributed by atoms with Crippen LogP contribution in [0.15, 0.2) is 53.4 Å². The zero-order valence-electron chi connectivity index (χ0n) is 16.1. The maximum absolute atomic E-state index is 12.9. The molecular formula is C19H18ClN3O7S. The molecule has 1 fully saturated rings. The Hall–Kier alpha value is -3.02. The summed E-state index contributed by atoms with van der Waals surface area (Å²) in [5.74, 6) is -1.55. The molecule has 164 valence electrons. The smallest absolute Gasteiger partial charge is 0.324 e. The number of esters is 1. The summed E-state index contributed by atoms with van der Waals surface area (Å²) in [6.45, 7) is -0.516. The van der Waals surface area contributed by atoms with E-state index in [1.807, 2.05) is 0 Å². The van der Waals surface area contributed by atoms with Crippen molar-refractivity contribution in [1.82, 2.24) is 4.31 Å². The number of rotatable bonds is 7. The quantitative estimate of drug-likeness (QED) is 0.375. The Morgan fingerprint density at radius 1 is 1.23 bits per heavy atom. The van der Waals surface area contributed by atoms with Gasteiger partial charge in [0.05, 0.1) is 9.82 Å². The van der Waals surface area contributed by atoms with E-state index in [9.17, 15) is 28.1 Å². The molecule has 0 spiro atoms. The minimum atomic E-state index is -3.94. The summed E-state index contributed by atoms with van der Waals surface area (Å²) in [7, 11) is -3.94. The highest BCUT2D eigenvalue weighted by atomic mass is 35.5. The summed E-state index contributed by atoms with van der Waals surface area (Å²) in [5.41, 5.74) is -0.0353. The average Bonchev–Trinajstić information content (AvgIpc) is 3.23. The van der Waals surface area contributed by atoms with Gasteiger partial charge in [-0.25, -0.2) is 8.42 Å². The Bertz CT molecular complexity index is 1110. The number of benzene rings is 2. The van der Waals surface area contributed by atoms with E-state index in [1.54, 1.807) is 0 Å². The SMILES string of the molecule is O=C(COC(=O)[C@@H]1CCCN1S(=O)(=O)c1ccc(Cl)cc1)Nc1cccc([N+](=O)[O-])c1. The molecule has 1 amide bonds. The molecule has 1 saturated heterocycles. The highest BCUT2D eigenvalue weighted by Crippen LogP contribution is 2.27. The number of halogens is 1. The van der Waals surface area contributed by atoms with E-state index in [4.69, 9.17) is 16.3 Å². The van der Waals surface area contributed by atoms with E-state index in [2.05, 4.69) is 5.32 Å². The number of carbonyl (C=O) groups excluding carboxylic acids is 2. The van der Waals surface area contributed by atoms with Crippen LogP contribution < -0.4 is 5.32 Å². The number of nitrogens with zero attached hydrogens (tertiary/aromatic N) is 2. The van der Waals surface area contributed by atoms with Crippen LogP contribution in [0, 0.1) is 10.1 Å². The summed E-state index contributed by atoms with van der Waals surface area (Å²) >= 11 is 5.80. The number of anilines is 1. The molecule has 0 unspecified atom stereocenters. The Morgan fingerprint density at radius 3 is 2.61 bits per heavy atom. The average molecular weight is 468 g/mol. The van der Waals surface area contributed by atoms with Gasteiger partial charge in [0.25, 0.3) is 11.6 Å². The first-order chi connectivity index (χ1) is 14.7. The first kappa shape index (κ1) is 22.7. The third-order valence-corrected chi connectivity index (χ3v) is 6.76. The van der Waals surface area contributed by atoms with Crippen LogP contribution in [0.2, 0.25) is 5.02 Å². The predicted molar refractivity (Wildman–Crippen MR) is 111 cm³/mol. The molecule has 0 aromatic heterocycles. The second-order valence-corrected chi connectivity index (χ2v) is 9.02. The first-order valence-corrected chi connectivity index (χ1v) is 11.0. The van der Waals surface area contributed by atoms with Gasteiger partial charge in [0.15, 0.2) is 6.61 Å². The molecule has 1 aliphatic rings. The number of nitro benzene ring substituents is 1. The number of sulfonamides is 1. The van der Waals surface area contributed by atoms with Gasteiger partial charge < -0.3 is 10.1 Å². The number of hydrogen-bond donors (Lipinski definition) is 1. The number of non-ortho nitro benzene ring substituents is 1. The van der Waals surface area contributed by atoms with Crippen LogP contribution in [-0.4, -0.2) is 48.7 Å². The number of carbonyl (C=O) groups is 2. The fourth-order valence-electron chi connectivity index (χ4n) is 3.13. The van der Waals surface area contributed by atoms with Crippen molar-refractivity contribution in [3.63, 3.8) is 0 Å². The molecule has 10 nitrogen and oxygen atoms in total. The number of nitrogens with one attached hydrogen (secondary N) is 1. The van der Waals surface area contributed by atoms with Gasteiger partial charge in [-0.15, -0.1) is 0 Å². The highest BCUT2D eigenvalue weighted by Gasteiger charge is 2.40. The summed E-state index contributed by atoms with van der Waals surface area (Å²) in [6, 6.07) is 9.82. The second kappa shape index (κ2) is 9.41. The Morgan fingerprint density at radius 2 is 1.94 bits per heavy atom. The summed E-state index contributed by atoms with van der Waals surface area (Å²) in [4.78, 5) is 34.7. The van der Waals surface area contributed by atoms with E-state index in [1.165, 1.54) is 42.5 Å². The van der Waals surface area contributed by atoms with Gasteiger partial charge in [0, 0.05) is 29.4 Å². The minimum absolute atomic E-state index is 0.0000139. The fourth-order valence-corrected chi connectivity index (χ4v) is 4.91. The van der Waals surface area contributed by atoms with Crippen LogP contribution in [0.25, 0.3) is 0 Å². The van der Waals surface area contributed by atoms with Crippen molar-refractivity contribution in [1.29, 1.82) is 0 Å². The fraction of sp³-hybridized carbons (Fsp3) is 0.263. The summed E-state index contributed by atoms with van der Waals surface area (Å²) in [6.07, 6.45) is 0.727. The third kappa shape index (κ3) is 5.37. The molecule has 1 N–H and O–H groups in total. The molecule has 3 rings (SSSR count). The standard InChI is InChI=1S/C19H18ClN3O7S/c20-13-6-8-16(9-7-13)31(28,29)22-10-2-5-17(22)19(25)30-12-18(24)21-14-3-1-4-15(11-14)23(26)27/h1,3-4,6-9,11,17H,2,5,10,12H2,(H,21,24)/t17-/m0/s1. The highest BCUT2D eigenvalue weighted by molar-refractivity contribution is 7.89. The van der Waals surface area contributed by atoms with E-state index >= 15 is 0 Å². The van der Waals surface area contributed by atoms with E-state index in [0.717, 1.165) is 10.4 Å². The third-order valence-electron chi connectivity index (χ3n) is 4.58. The van der Waals surface area contributed by atoms with Crippen molar-refractivity contribution in [3.05, 3.63) is 63.7 Å². The van der Waals surface area contributed by atoms with Gasteiger partial charge >= 0.3 is 5.97 Å². The van der Waals surface area contributed by atoms with Crippen LogP contribution in [0.1, 0.15) is 12.8 Å². The summed E-state index contributed by atoms with van der Waals surface area (Å²) < 4.78 is 31.8. The molecule has 0 bridgehead atoms. The van der Waals surface area contributed by atoms with Gasteiger partial charge in [-0.05, 0) is 43.2 Å². The van der Waals surface area contributed by atoms with Crippen molar-refractivity contribution in [3.8, 4) is 0 Å². The minimum Gasteiger partial charge on any atom is -0.454 e. The second-order valence-electron chi connectivity index (χ2n) is 6.69. The van der Waals surface area contributed by atoms with Gasteiger partial charge in [0.2, 0.25) is 10.0 Å². The molecule has 0 radical (unpaired) electrons. The van der Waals surface area contributed by atoms with Crippen LogP contribution in [0.3, 0.4) is 0 Å². The Balaban J connectivity index is 1.62. The molecule has 2 aromatic rings. The number of amides is 1. The molecule has 0 aliphatic carbocycles. The summed E-state index contributed by atoms with van der Waals surface area (Å²) in [5, 5.41) is 13.6. The van der Waals surface area contributed by atoms with Crippen molar-refractivity contribution >= 4 is 44.9 Å². The topological polar surface area (TPSA) is 136 Å². The molecule has 31 heavy (non-hydrogen) atoms. The monoisotopic (exact) mass is 467 g/mol. The maximum Gasteiger partial charge on any atom is 0.324 e. The number of ether oxygens (including phenoxy) is 1. The number of nitro groups is 1. The van der Waals surface area contributed by atoms with Crippen molar-refractivity contribution in [2.24, 2.45) is 0 Å². The molecule has 0 saturated carbocycles. The molecular weight excluding hydrogens is 450 g/mol. The lowest BCUT2D eigenvalue weighted by atomic mass is 10.2. The van der Waals surface area contributed by atoms with Crippen LogP contribution in [-0.2, 0) is 24.3 Å². The van der Waals surface area contributed by atoms with Crippen molar-refractivity contribution in [2.75, 3.05) is 18.5 Å². The van der Waals surface area contributed by atoms with Gasteiger partial charge in [-0.1, -0.05) is 17.7 Å². The van der Waals surface area contributed by atoms with Gasteiger partial charge in [0.1, 0.15) is 6.04 Å². The Labute approximate surface area is 183 Å². The van der Waals surface area contributed by atoms with Crippen molar-refractivity contribution in [2.45, 2.75) is 23.8 Å². The van der Waals surface area contributed by atoms with E-state index < -0.39 is 39.5 Å². The number of hydrogen-bond acceptors (Lipinski definition) is 7. The van der Waals surface area contributed by atoms with Crippen LogP contribution in [0.4, 0.5) is 11.4 Å². The lowest BCUT2D eigenvalue weighted by molar-refractivity contribution is -0.384. The molecule has 1 aliphatic heterocycles. The van der Waals surface area contributed by atoms with Gasteiger partial charge in [-0.3, -0.25) is 19.7 Å². The molecule has 1 heterocycles. The van der Waals surface area contributed by atoms with Crippen LogP contribution >= 0.6 is 11.6 Å².